The Morgan fingerprint density at radius 2 is 2.24 bits per heavy atom. The maximum Gasteiger partial charge on any atom is 0.274 e. The van der Waals surface area contributed by atoms with E-state index in [-0.39, 0.29) is 17.4 Å². The van der Waals surface area contributed by atoms with Gasteiger partial charge in [0.15, 0.2) is 0 Å². The number of ether oxygens (including phenoxy) is 1. The lowest BCUT2D eigenvalue weighted by Crippen LogP contribution is -2.34. The van der Waals surface area contributed by atoms with Gasteiger partial charge in [-0.2, -0.15) is 0 Å². The Kier molecular flexibility index (Phi) is 5.35. The van der Waals surface area contributed by atoms with Gasteiger partial charge in [0.2, 0.25) is 0 Å². The summed E-state index contributed by atoms with van der Waals surface area (Å²) in [5, 5.41) is 0. The maximum absolute atomic E-state index is 12.0. The smallest absolute Gasteiger partial charge is 0.274 e. The molecule has 2 N–H and O–H groups in total. The first-order valence-corrected chi connectivity index (χ1v) is 5.63. The lowest BCUT2D eigenvalue weighted by molar-refractivity contribution is 0.0663. The number of hydrogen-bond donors (Lipinski definition) is 1. The van der Waals surface area contributed by atoms with Crippen molar-refractivity contribution in [1.29, 1.82) is 0 Å². The summed E-state index contributed by atoms with van der Waals surface area (Å²) in [5.41, 5.74) is 5.76. The lowest BCUT2D eigenvalue weighted by atomic mass is 10.3. The predicted molar refractivity (Wildman–Crippen MR) is 64.5 cm³/mol. The molecule has 6 heteroatoms. The largest absolute Gasteiger partial charge is 0.382 e. The summed E-state index contributed by atoms with van der Waals surface area (Å²) >= 11 is 0. The summed E-state index contributed by atoms with van der Waals surface area (Å²) in [4.78, 5) is 21.5. The number of carbonyl (C=O) groups is 1. The normalized spacial score (nSPS) is 10.2. The Balaban J connectivity index is 2.65. The third-order valence-corrected chi connectivity index (χ3v) is 2.25. The molecule has 1 amide bonds. The van der Waals surface area contributed by atoms with Crippen LogP contribution in [0.5, 0.6) is 0 Å². The van der Waals surface area contributed by atoms with E-state index in [2.05, 4.69) is 9.97 Å². The van der Waals surface area contributed by atoms with Crippen molar-refractivity contribution in [3.05, 3.63) is 18.1 Å². The topological polar surface area (TPSA) is 81.3 Å². The van der Waals surface area contributed by atoms with Crippen LogP contribution in [0.1, 0.15) is 24.3 Å². The molecule has 0 atom stereocenters. The van der Waals surface area contributed by atoms with Crippen LogP contribution in [-0.2, 0) is 4.74 Å². The molecule has 0 bridgehead atoms. The molecular weight excluding hydrogens is 220 g/mol. The molecule has 0 aliphatic heterocycles. The van der Waals surface area contributed by atoms with Crippen LogP contribution in [0.25, 0.3) is 0 Å². The Morgan fingerprint density at radius 3 is 2.82 bits per heavy atom. The third-order valence-electron chi connectivity index (χ3n) is 2.25. The number of rotatable bonds is 6. The van der Waals surface area contributed by atoms with Gasteiger partial charge in [-0.3, -0.25) is 9.78 Å². The van der Waals surface area contributed by atoms with Crippen LogP contribution in [-0.4, -0.2) is 47.1 Å². The van der Waals surface area contributed by atoms with E-state index in [1.54, 1.807) is 4.90 Å². The number of aromatic nitrogens is 2. The number of amides is 1. The van der Waals surface area contributed by atoms with Crippen LogP contribution in [0.15, 0.2) is 12.4 Å². The van der Waals surface area contributed by atoms with E-state index in [9.17, 15) is 4.79 Å². The van der Waals surface area contributed by atoms with Crippen molar-refractivity contribution in [2.45, 2.75) is 13.8 Å². The van der Waals surface area contributed by atoms with E-state index in [4.69, 9.17) is 10.5 Å². The van der Waals surface area contributed by atoms with Gasteiger partial charge in [0.05, 0.1) is 19.0 Å². The first-order valence-electron chi connectivity index (χ1n) is 5.63. The number of hydrogen-bond acceptors (Lipinski definition) is 5. The molecule has 0 aromatic carbocycles. The molecule has 1 aromatic rings. The summed E-state index contributed by atoms with van der Waals surface area (Å²) in [7, 11) is 0. The van der Waals surface area contributed by atoms with Crippen LogP contribution >= 0.6 is 0 Å². The highest BCUT2D eigenvalue weighted by Gasteiger charge is 2.15. The molecule has 6 nitrogen and oxygen atoms in total. The zero-order valence-corrected chi connectivity index (χ0v) is 10.2. The molecule has 0 unspecified atom stereocenters. The van der Waals surface area contributed by atoms with Crippen molar-refractivity contribution in [2.75, 3.05) is 32.0 Å². The molecule has 0 saturated heterocycles. The highest BCUT2D eigenvalue weighted by molar-refractivity contribution is 5.92. The summed E-state index contributed by atoms with van der Waals surface area (Å²) in [6.45, 7) is 6.13. The SMILES string of the molecule is CCOCCN(CC)C(=O)c1cncc(N)n1. The highest BCUT2D eigenvalue weighted by atomic mass is 16.5. The van der Waals surface area contributed by atoms with Gasteiger partial charge in [-0.25, -0.2) is 4.98 Å². The van der Waals surface area contributed by atoms with Crippen LogP contribution in [0.3, 0.4) is 0 Å². The van der Waals surface area contributed by atoms with Crippen LogP contribution < -0.4 is 5.73 Å². The van der Waals surface area contributed by atoms with Crippen molar-refractivity contribution in [3.8, 4) is 0 Å². The van der Waals surface area contributed by atoms with E-state index in [0.29, 0.717) is 26.3 Å². The maximum atomic E-state index is 12.0. The Hall–Kier alpha value is -1.69. The molecule has 0 aliphatic carbocycles. The van der Waals surface area contributed by atoms with Crippen molar-refractivity contribution < 1.29 is 9.53 Å². The van der Waals surface area contributed by atoms with Gasteiger partial charge in [-0.1, -0.05) is 0 Å². The molecule has 0 spiro atoms. The molecule has 0 fully saturated rings. The number of nitrogen functional groups attached to an aromatic ring is 1. The number of anilines is 1. The summed E-state index contributed by atoms with van der Waals surface area (Å²) in [6.07, 6.45) is 2.83. The van der Waals surface area contributed by atoms with Crippen molar-refractivity contribution >= 4 is 11.7 Å². The lowest BCUT2D eigenvalue weighted by Gasteiger charge is -2.20. The summed E-state index contributed by atoms with van der Waals surface area (Å²) in [6, 6.07) is 0. The van der Waals surface area contributed by atoms with Gasteiger partial charge < -0.3 is 15.4 Å². The van der Waals surface area contributed by atoms with Gasteiger partial charge >= 0.3 is 0 Å². The van der Waals surface area contributed by atoms with E-state index in [0.717, 1.165) is 0 Å². The zero-order valence-electron chi connectivity index (χ0n) is 10.2. The Bertz CT molecular complexity index is 370. The minimum absolute atomic E-state index is 0.174. The first kappa shape index (κ1) is 13.4. The fourth-order valence-corrected chi connectivity index (χ4v) is 1.37. The van der Waals surface area contributed by atoms with E-state index in [1.165, 1.54) is 12.4 Å². The second-order valence-corrected chi connectivity index (χ2v) is 3.41. The molecule has 94 valence electrons. The highest BCUT2D eigenvalue weighted by Crippen LogP contribution is 2.02. The standard InChI is InChI=1S/C11H18N4O2/c1-3-15(5-6-17-4-2)11(16)9-7-13-8-10(12)14-9/h7-8H,3-6H2,1-2H3,(H2,12,14). The Morgan fingerprint density at radius 1 is 1.47 bits per heavy atom. The van der Waals surface area contributed by atoms with Crippen molar-refractivity contribution in [3.63, 3.8) is 0 Å². The van der Waals surface area contributed by atoms with Gasteiger partial charge in [0, 0.05) is 19.7 Å². The third kappa shape index (κ3) is 3.99. The molecule has 1 heterocycles. The van der Waals surface area contributed by atoms with Gasteiger partial charge in [-0.05, 0) is 13.8 Å². The molecule has 0 radical (unpaired) electrons. The minimum Gasteiger partial charge on any atom is -0.382 e. The molecular formula is C11H18N4O2. The number of nitrogens with two attached hydrogens (primary N) is 1. The van der Waals surface area contributed by atoms with E-state index >= 15 is 0 Å². The fraction of sp³-hybridized carbons (Fsp3) is 0.545. The predicted octanol–water partition coefficient (Wildman–Crippen LogP) is 0.557. The average Bonchev–Trinajstić information content (AvgIpc) is 2.34. The fourth-order valence-electron chi connectivity index (χ4n) is 1.37. The van der Waals surface area contributed by atoms with Crippen molar-refractivity contribution in [1.82, 2.24) is 14.9 Å². The second kappa shape index (κ2) is 6.80. The molecule has 0 aliphatic rings. The van der Waals surface area contributed by atoms with Crippen LogP contribution in [0, 0.1) is 0 Å². The number of likely N-dealkylation sites (N-methyl/N-ethyl adjacent to an activating group) is 1. The molecule has 1 rings (SSSR count). The first-order chi connectivity index (χ1) is 8.19. The van der Waals surface area contributed by atoms with Gasteiger partial charge in [-0.15, -0.1) is 0 Å². The van der Waals surface area contributed by atoms with E-state index in [1.807, 2.05) is 13.8 Å². The molecule has 0 saturated carbocycles. The van der Waals surface area contributed by atoms with Crippen molar-refractivity contribution in [2.24, 2.45) is 0 Å². The number of nitrogens with zero attached hydrogens (tertiary/aromatic N) is 3. The van der Waals surface area contributed by atoms with Gasteiger partial charge in [0.1, 0.15) is 11.5 Å². The average molecular weight is 238 g/mol. The second-order valence-electron chi connectivity index (χ2n) is 3.41. The minimum atomic E-state index is -0.174. The quantitative estimate of drug-likeness (QED) is 0.732. The zero-order chi connectivity index (χ0) is 12.7. The summed E-state index contributed by atoms with van der Waals surface area (Å²) in [5.74, 6) is 0.0729. The summed E-state index contributed by atoms with van der Waals surface area (Å²) < 4.78 is 5.22. The Labute approximate surface area is 101 Å². The van der Waals surface area contributed by atoms with Gasteiger partial charge in [0.25, 0.3) is 5.91 Å². The molecule has 1 aromatic heterocycles. The van der Waals surface area contributed by atoms with Crippen LogP contribution in [0.2, 0.25) is 0 Å². The monoisotopic (exact) mass is 238 g/mol. The molecule has 17 heavy (non-hydrogen) atoms. The van der Waals surface area contributed by atoms with Crippen LogP contribution in [0.4, 0.5) is 5.82 Å². The number of carbonyl (C=O) groups excluding carboxylic acids is 1. The van der Waals surface area contributed by atoms with E-state index < -0.39 is 0 Å².